The third-order valence-corrected chi connectivity index (χ3v) is 10.2. The van der Waals surface area contributed by atoms with Gasteiger partial charge in [-0.3, -0.25) is 9.59 Å². The summed E-state index contributed by atoms with van der Waals surface area (Å²) in [5.74, 6) is -0.680. The molecule has 0 unspecified atom stereocenters. The van der Waals surface area contributed by atoms with E-state index in [1.807, 2.05) is 0 Å². The molecule has 0 spiro atoms. The van der Waals surface area contributed by atoms with Crippen LogP contribution in [0.15, 0.2) is 0 Å². The molecule has 0 radical (unpaired) electrons. The van der Waals surface area contributed by atoms with E-state index in [4.69, 9.17) is 14.2 Å². The Bertz CT molecular complexity index is 752. The fourth-order valence-corrected chi connectivity index (χ4v) is 6.91. The van der Waals surface area contributed by atoms with Gasteiger partial charge in [0, 0.05) is 12.8 Å². The van der Waals surface area contributed by atoms with Crippen LogP contribution in [0.5, 0.6) is 0 Å². The molecular formula is C42H81KO7. The first-order chi connectivity index (χ1) is 24.0. The van der Waals surface area contributed by atoms with Gasteiger partial charge in [0.1, 0.15) is 24.9 Å². The molecule has 292 valence electrons. The van der Waals surface area contributed by atoms with Crippen LogP contribution in [0, 0.1) is 0 Å². The number of rotatable bonds is 36. The summed E-state index contributed by atoms with van der Waals surface area (Å²) >= 11 is 0. The topological polar surface area (TPSA) is 102 Å². The van der Waals surface area contributed by atoms with Crippen LogP contribution in [-0.2, 0) is 23.8 Å². The molecule has 1 heterocycles. The van der Waals surface area contributed by atoms with Crippen LogP contribution in [0.25, 0.3) is 0 Å². The van der Waals surface area contributed by atoms with Gasteiger partial charge in [-0.1, -0.05) is 194 Å². The minimum atomic E-state index is -1.17. The number of esters is 2. The second kappa shape index (κ2) is 37.8. The molecule has 1 aliphatic heterocycles. The molecule has 0 saturated carbocycles. The zero-order valence-corrected chi connectivity index (χ0v) is 32.3. The van der Waals surface area contributed by atoms with Crippen molar-refractivity contribution in [2.75, 3.05) is 13.2 Å². The van der Waals surface area contributed by atoms with E-state index in [2.05, 4.69) is 13.8 Å². The molecular weight excluding hydrogens is 656 g/mol. The van der Waals surface area contributed by atoms with E-state index in [0.29, 0.717) is 12.8 Å². The van der Waals surface area contributed by atoms with Gasteiger partial charge >= 0.3 is 63.3 Å². The number of carbonyl (C=O) groups excluding carboxylic acids is 2. The van der Waals surface area contributed by atoms with Gasteiger partial charge in [-0.05, 0) is 12.8 Å². The molecule has 8 heteroatoms. The average molecular weight is 737 g/mol. The van der Waals surface area contributed by atoms with E-state index in [9.17, 15) is 19.8 Å². The molecule has 1 aliphatic rings. The summed E-state index contributed by atoms with van der Waals surface area (Å²) in [5, 5.41) is 21.1. The summed E-state index contributed by atoms with van der Waals surface area (Å²) in [6.45, 7) is 4.32. The number of aliphatic hydroxyl groups excluding tert-OH is 2. The van der Waals surface area contributed by atoms with Crippen molar-refractivity contribution in [3.63, 3.8) is 0 Å². The number of hydrogen-bond acceptors (Lipinski definition) is 7. The van der Waals surface area contributed by atoms with Crippen LogP contribution in [-0.4, -0.2) is 111 Å². The van der Waals surface area contributed by atoms with E-state index < -0.39 is 24.4 Å². The average Bonchev–Trinajstić information content (AvgIpc) is 3.46. The number of aliphatic hydroxyl groups is 2. The molecule has 50 heavy (non-hydrogen) atoms. The van der Waals surface area contributed by atoms with Crippen LogP contribution in [0.1, 0.15) is 219 Å². The van der Waals surface area contributed by atoms with Gasteiger partial charge < -0.3 is 24.4 Å². The fraction of sp³-hybridized carbons (Fsp3) is 0.952. The maximum absolute atomic E-state index is 12.3. The van der Waals surface area contributed by atoms with Crippen LogP contribution in [0.4, 0.5) is 0 Å². The van der Waals surface area contributed by atoms with Gasteiger partial charge in [0.25, 0.3) is 0 Å². The second-order valence-electron chi connectivity index (χ2n) is 15.0. The standard InChI is InChI=1S/C42H80O7.K.H/c1-3-5-7-9-11-13-15-17-19-21-23-25-27-29-31-33-39(44)47-35-37(43)42-41(46)38(36-48-42)49-40(45)34-32-30-28-26-24-22-20-18-16-14-12-10-8-6-4-2;;/h37-38,41-43,46H,3-36H2,1-2H3;;/t37-,38+,41-,42-;;/m1../s1. The number of carbonyl (C=O) groups is 2. The third-order valence-electron chi connectivity index (χ3n) is 10.2. The molecule has 0 amide bonds. The van der Waals surface area contributed by atoms with Gasteiger partial charge in [-0.15, -0.1) is 0 Å². The Kier molecular flexibility index (Phi) is 38.1. The van der Waals surface area contributed by atoms with E-state index in [1.165, 1.54) is 154 Å². The molecule has 7 nitrogen and oxygen atoms in total. The van der Waals surface area contributed by atoms with Crippen molar-refractivity contribution in [2.45, 2.75) is 244 Å². The van der Waals surface area contributed by atoms with Gasteiger partial charge in [0.05, 0.1) is 6.61 Å². The van der Waals surface area contributed by atoms with Gasteiger partial charge in [-0.25, -0.2) is 0 Å². The fourth-order valence-electron chi connectivity index (χ4n) is 6.91. The summed E-state index contributed by atoms with van der Waals surface area (Å²) in [4.78, 5) is 24.5. The summed E-state index contributed by atoms with van der Waals surface area (Å²) in [7, 11) is 0. The molecule has 1 fully saturated rings. The normalized spacial score (nSPS) is 17.8. The predicted molar refractivity (Wildman–Crippen MR) is 209 cm³/mol. The summed E-state index contributed by atoms with van der Waals surface area (Å²) in [6.07, 6.45) is 34.7. The van der Waals surface area contributed by atoms with Crippen LogP contribution >= 0.6 is 0 Å². The van der Waals surface area contributed by atoms with Crippen LogP contribution < -0.4 is 0 Å². The third kappa shape index (κ3) is 29.9. The van der Waals surface area contributed by atoms with E-state index in [0.717, 1.165) is 38.5 Å². The first kappa shape index (κ1) is 50.5. The molecule has 1 saturated heterocycles. The summed E-state index contributed by atoms with van der Waals surface area (Å²) < 4.78 is 16.2. The van der Waals surface area contributed by atoms with E-state index in [-0.39, 0.29) is 76.5 Å². The van der Waals surface area contributed by atoms with E-state index >= 15 is 0 Å². The van der Waals surface area contributed by atoms with Crippen molar-refractivity contribution < 1.29 is 34.0 Å². The Balaban J connectivity index is 0.0000240. The molecule has 4 atom stereocenters. The maximum atomic E-state index is 12.3. The molecule has 0 aromatic heterocycles. The molecule has 0 aromatic rings. The Morgan fingerprint density at radius 3 is 1.24 bits per heavy atom. The van der Waals surface area contributed by atoms with Crippen molar-refractivity contribution in [1.29, 1.82) is 0 Å². The molecule has 0 aromatic carbocycles. The number of ether oxygens (including phenoxy) is 3. The van der Waals surface area contributed by atoms with Crippen molar-refractivity contribution in [2.24, 2.45) is 0 Å². The SMILES string of the molecule is CCCCCCCCCCCCCCCCCC(=O)OC[C@@H](O)[C@H]1OC[C@H](OC(=O)CCCCCCCCCCCCCCCCC)[C@H]1O.[KH]. The van der Waals surface area contributed by atoms with Gasteiger partial charge in [-0.2, -0.15) is 0 Å². The summed E-state index contributed by atoms with van der Waals surface area (Å²) in [6, 6.07) is 0. The molecule has 0 aliphatic carbocycles. The quantitative estimate of drug-likeness (QED) is 0.0375. The monoisotopic (exact) mass is 737 g/mol. The van der Waals surface area contributed by atoms with Crippen LogP contribution in [0.2, 0.25) is 0 Å². The number of hydrogen-bond donors (Lipinski definition) is 2. The summed E-state index contributed by atoms with van der Waals surface area (Å²) in [5.41, 5.74) is 0. The second-order valence-corrected chi connectivity index (χ2v) is 15.0. The zero-order chi connectivity index (χ0) is 35.6. The van der Waals surface area contributed by atoms with Crippen molar-refractivity contribution in [1.82, 2.24) is 0 Å². The molecule has 2 N–H and O–H groups in total. The molecule has 0 bridgehead atoms. The van der Waals surface area contributed by atoms with E-state index in [1.54, 1.807) is 0 Å². The zero-order valence-electron chi connectivity index (χ0n) is 32.3. The Morgan fingerprint density at radius 2 is 0.880 bits per heavy atom. The Morgan fingerprint density at radius 1 is 0.560 bits per heavy atom. The van der Waals surface area contributed by atoms with Crippen molar-refractivity contribution in [3.8, 4) is 0 Å². The van der Waals surface area contributed by atoms with Crippen LogP contribution in [0.3, 0.4) is 0 Å². The van der Waals surface area contributed by atoms with Crippen molar-refractivity contribution >= 4 is 63.3 Å². The first-order valence-electron chi connectivity index (χ1n) is 21.3. The van der Waals surface area contributed by atoms with Crippen molar-refractivity contribution in [3.05, 3.63) is 0 Å². The Hall–Kier alpha value is 0.456. The predicted octanol–water partition coefficient (Wildman–Crippen LogP) is 10.4. The number of unbranched alkanes of at least 4 members (excludes halogenated alkanes) is 28. The van der Waals surface area contributed by atoms with Gasteiger partial charge in [0.2, 0.25) is 0 Å². The van der Waals surface area contributed by atoms with Gasteiger partial charge in [0.15, 0.2) is 6.10 Å². The first-order valence-corrected chi connectivity index (χ1v) is 21.3. The Labute approximate surface area is 351 Å². The minimum absolute atomic E-state index is 0. The molecule has 1 rings (SSSR count).